The summed E-state index contributed by atoms with van der Waals surface area (Å²) < 4.78 is 51.2. The van der Waals surface area contributed by atoms with Crippen molar-refractivity contribution in [3.8, 4) is 0 Å². The number of benzene rings is 1. The van der Waals surface area contributed by atoms with Crippen molar-refractivity contribution in [2.45, 2.75) is 98.3 Å². The number of piperidine rings is 1. The van der Waals surface area contributed by atoms with E-state index in [9.17, 15) is 32.3 Å². The van der Waals surface area contributed by atoms with Gasteiger partial charge in [-0.15, -0.1) is 0 Å². The standard InChI is InChI=1S/C28H40F3N5O5/c1-8-34-23-15-21(28(29,30)31)20(14-22(23)35(25(34)39)13-11-32-18(4)37)24(38)36(17(2)3)19-10-9-12-33(16-19)26(40)41-27(5,6)7/h14-15,17,19H,8-13,16H2,1-7H3,(H,32,37)/t19-/m1/s1. The molecule has 0 aliphatic carbocycles. The molecule has 10 nitrogen and oxygen atoms in total. The molecule has 2 heterocycles. The predicted octanol–water partition coefficient (Wildman–Crippen LogP) is 4.23. The number of ether oxygens (including phenoxy) is 1. The van der Waals surface area contributed by atoms with E-state index in [1.807, 2.05) is 0 Å². The predicted molar refractivity (Wildman–Crippen MR) is 148 cm³/mol. The molecule has 41 heavy (non-hydrogen) atoms. The van der Waals surface area contributed by atoms with Crippen molar-refractivity contribution in [3.63, 3.8) is 0 Å². The Balaban J connectivity index is 2.10. The maximum atomic E-state index is 14.4. The number of nitrogens with zero attached hydrogens (tertiary/aromatic N) is 4. The van der Waals surface area contributed by atoms with Crippen molar-refractivity contribution in [2.24, 2.45) is 0 Å². The summed E-state index contributed by atoms with van der Waals surface area (Å²) in [5, 5.41) is 2.58. The normalized spacial score (nSPS) is 16.3. The summed E-state index contributed by atoms with van der Waals surface area (Å²) in [6, 6.07) is 0.966. The summed E-state index contributed by atoms with van der Waals surface area (Å²) in [4.78, 5) is 54.1. The van der Waals surface area contributed by atoms with Gasteiger partial charge in [0.15, 0.2) is 0 Å². The second-order valence-electron chi connectivity index (χ2n) is 11.6. The molecule has 0 unspecified atom stereocenters. The van der Waals surface area contributed by atoms with Gasteiger partial charge >= 0.3 is 18.0 Å². The van der Waals surface area contributed by atoms with Gasteiger partial charge in [0, 0.05) is 45.7 Å². The largest absolute Gasteiger partial charge is 0.444 e. The lowest BCUT2D eigenvalue weighted by atomic mass is 9.98. The summed E-state index contributed by atoms with van der Waals surface area (Å²) in [6.07, 6.45) is -4.36. The number of fused-ring (bicyclic) bond motifs is 1. The highest BCUT2D eigenvalue weighted by molar-refractivity contribution is 6.00. The highest BCUT2D eigenvalue weighted by atomic mass is 19.4. The molecule has 1 aromatic heterocycles. The molecule has 1 aliphatic heterocycles. The zero-order valence-electron chi connectivity index (χ0n) is 24.7. The van der Waals surface area contributed by atoms with Gasteiger partial charge in [0.1, 0.15) is 5.60 Å². The number of nitrogens with one attached hydrogen (secondary N) is 1. The molecule has 228 valence electrons. The number of alkyl halides is 3. The van der Waals surface area contributed by atoms with Gasteiger partial charge in [-0.05, 0) is 66.5 Å². The van der Waals surface area contributed by atoms with Crippen LogP contribution in [0.1, 0.15) is 77.2 Å². The zero-order valence-corrected chi connectivity index (χ0v) is 24.7. The van der Waals surface area contributed by atoms with Gasteiger partial charge in [-0.25, -0.2) is 9.59 Å². The summed E-state index contributed by atoms with van der Waals surface area (Å²) in [5.74, 6) is -1.15. The lowest BCUT2D eigenvalue weighted by Crippen LogP contribution is -2.54. The Bertz CT molecular complexity index is 1360. The minimum Gasteiger partial charge on any atom is -0.444 e. The monoisotopic (exact) mass is 583 g/mol. The van der Waals surface area contributed by atoms with Crippen LogP contribution in [-0.2, 0) is 28.8 Å². The Labute approximate surface area is 237 Å². The van der Waals surface area contributed by atoms with Crippen LogP contribution in [0.25, 0.3) is 11.0 Å². The number of likely N-dealkylation sites (tertiary alicyclic amines) is 1. The maximum absolute atomic E-state index is 14.4. The quantitative estimate of drug-likeness (QED) is 0.525. The maximum Gasteiger partial charge on any atom is 0.417 e. The minimum absolute atomic E-state index is 0.0161. The minimum atomic E-state index is -4.87. The fraction of sp³-hybridized carbons (Fsp3) is 0.643. The number of carbonyl (C=O) groups excluding carboxylic acids is 3. The van der Waals surface area contributed by atoms with Crippen molar-refractivity contribution in [1.82, 2.24) is 24.3 Å². The topological polar surface area (TPSA) is 106 Å². The van der Waals surface area contributed by atoms with Crippen molar-refractivity contribution in [1.29, 1.82) is 0 Å². The van der Waals surface area contributed by atoms with Gasteiger partial charge in [0.2, 0.25) is 5.91 Å². The fourth-order valence-corrected chi connectivity index (χ4v) is 5.27. The summed E-state index contributed by atoms with van der Waals surface area (Å²) in [7, 11) is 0. The van der Waals surface area contributed by atoms with Crippen molar-refractivity contribution in [2.75, 3.05) is 19.6 Å². The number of imidazole rings is 1. The van der Waals surface area contributed by atoms with Gasteiger partial charge in [-0.3, -0.25) is 18.7 Å². The molecular formula is C28H40F3N5O5. The molecule has 3 amide bonds. The van der Waals surface area contributed by atoms with E-state index in [2.05, 4.69) is 5.32 Å². The molecule has 0 radical (unpaired) electrons. The van der Waals surface area contributed by atoms with E-state index in [0.717, 1.165) is 12.1 Å². The second-order valence-corrected chi connectivity index (χ2v) is 11.6. The van der Waals surface area contributed by atoms with Crippen LogP contribution in [0.5, 0.6) is 0 Å². The molecule has 2 aromatic rings. The molecular weight excluding hydrogens is 543 g/mol. The number of aryl methyl sites for hydroxylation is 1. The molecule has 1 saturated heterocycles. The van der Waals surface area contributed by atoms with E-state index < -0.39 is 52.7 Å². The molecule has 1 N–H and O–H groups in total. The van der Waals surface area contributed by atoms with Gasteiger partial charge in [-0.2, -0.15) is 13.2 Å². The molecule has 1 atom stereocenters. The third-order valence-electron chi connectivity index (χ3n) is 6.95. The molecule has 0 bridgehead atoms. The molecule has 0 saturated carbocycles. The average Bonchev–Trinajstić information content (AvgIpc) is 3.11. The van der Waals surface area contributed by atoms with E-state index in [1.165, 1.54) is 25.9 Å². The van der Waals surface area contributed by atoms with Crippen molar-refractivity contribution >= 4 is 28.9 Å². The Kier molecular flexibility index (Phi) is 9.49. The molecule has 0 spiro atoms. The van der Waals surface area contributed by atoms with Crippen LogP contribution in [0, 0.1) is 0 Å². The first-order valence-electron chi connectivity index (χ1n) is 13.9. The Hall–Kier alpha value is -3.51. The number of amides is 3. The number of carbonyl (C=O) groups is 3. The van der Waals surface area contributed by atoms with Gasteiger partial charge in [0.25, 0.3) is 5.91 Å². The van der Waals surface area contributed by atoms with Gasteiger partial charge in [0.05, 0.1) is 28.2 Å². The average molecular weight is 584 g/mol. The van der Waals surface area contributed by atoms with Gasteiger partial charge in [-0.1, -0.05) is 0 Å². The Morgan fingerprint density at radius 2 is 1.76 bits per heavy atom. The third-order valence-corrected chi connectivity index (χ3v) is 6.95. The van der Waals surface area contributed by atoms with Crippen LogP contribution in [0.2, 0.25) is 0 Å². The van der Waals surface area contributed by atoms with E-state index >= 15 is 0 Å². The summed E-state index contributed by atoms with van der Waals surface area (Å²) >= 11 is 0. The molecule has 13 heteroatoms. The number of aromatic nitrogens is 2. The van der Waals surface area contributed by atoms with E-state index in [-0.39, 0.29) is 43.1 Å². The highest BCUT2D eigenvalue weighted by Gasteiger charge is 2.40. The Morgan fingerprint density at radius 3 is 2.29 bits per heavy atom. The van der Waals surface area contributed by atoms with E-state index in [0.29, 0.717) is 19.4 Å². The molecule has 3 rings (SSSR count). The Morgan fingerprint density at radius 1 is 1.12 bits per heavy atom. The highest BCUT2D eigenvalue weighted by Crippen LogP contribution is 2.36. The number of hydrogen-bond donors (Lipinski definition) is 1. The zero-order chi connectivity index (χ0) is 30.9. The molecule has 1 aromatic carbocycles. The number of halogens is 3. The van der Waals surface area contributed by atoms with Crippen LogP contribution in [-0.4, -0.2) is 74.2 Å². The molecule has 1 aliphatic rings. The van der Waals surface area contributed by atoms with Gasteiger partial charge < -0.3 is 19.9 Å². The van der Waals surface area contributed by atoms with Crippen molar-refractivity contribution in [3.05, 3.63) is 33.7 Å². The van der Waals surface area contributed by atoms with Crippen molar-refractivity contribution < 1.29 is 32.3 Å². The van der Waals surface area contributed by atoms with Crippen LogP contribution in [0.15, 0.2) is 16.9 Å². The summed E-state index contributed by atoms with van der Waals surface area (Å²) in [6.45, 7) is 12.4. The smallest absolute Gasteiger partial charge is 0.417 e. The van der Waals surface area contributed by atoms with E-state index in [4.69, 9.17) is 4.74 Å². The van der Waals surface area contributed by atoms with Crippen LogP contribution >= 0.6 is 0 Å². The lowest BCUT2D eigenvalue weighted by Gasteiger charge is -2.41. The van der Waals surface area contributed by atoms with Crippen LogP contribution < -0.4 is 11.0 Å². The second kappa shape index (κ2) is 12.2. The summed E-state index contributed by atoms with van der Waals surface area (Å²) in [5.41, 5.74) is -2.75. The SMILES string of the molecule is CCn1c(=O)n(CCNC(C)=O)c2cc(C(=O)N(C(C)C)[C@@H]3CCCN(C(=O)OC(C)(C)C)C3)c(C(F)(F)F)cc21. The van der Waals surface area contributed by atoms with E-state index in [1.54, 1.807) is 41.5 Å². The first kappa shape index (κ1) is 32.0. The fourth-order valence-electron chi connectivity index (χ4n) is 5.27. The van der Waals surface area contributed by atoms with Crippen LogP contribution in [0.3, 0.4) is 0 Å². The number of hydrogen-bond acceptors (Lipinski definition) is 5. The van der Waals surface area contributed by atoms with Crippen LogP contribution in [0.4, 0.5) is 18.0 Å². The first-order valence-corrected chi connectivity index (χ1v) is 13.9. The number of rotatable bonds is 7. The lowest BCUT2D eigenvalue weighted by molar-refractivity contribution is -0.138. The molecule has 1 fully saturated rings. The first-order chi connectivity index (χ1) is 19.0. The third kappa shape index (κ3) is 7.23.